The number of thioether (sulfide) groups is 1. The van der Waals surface area contributed by atoms with E-state index >= 15 is 0 Å². The van der Waals surface area contributed by atoms with E-state index in [4.69, 9.17) is 0 Å². The molecule has 0 unspecified atom stereocenters. The van der Waals surface area contributed by atoms with Gasteiger partial charge in [-0.1, -0.05) is 0 Å². The lowest BCUT2D eigenvalue weighted by molar-refractivity contribution is -0.394. The van der Waals surface area contributed by atoms with Gasteiger partial charge in [0.25, 0.3) is 11.6 Å². The van der Waals surface area contributed by atoms with Crippen molar-refractivity contribution in [3.8, 4) is 5.75 Å². The van der Waals surface area contributed by atoms with E-state index in [0.29, 0.717) is 6.07 Å². The number of amidine groups is 1. The Morgan fingerprint density at radius 3 is 2.63 bits per heavy atom. The molecular formula is C13H9N5O8S. The molecule has 1 amide bonds. The second-order valence-corrected chi connectivity index (χ2v) is 5.69. The summed E-state index contributed by atoms with van der Waals surface area (Å²) < 4.78 is 4.39. The third-order valence-electron chi connectivity index (χ3n) is 2.96. The fourth-order valence-electron chi connectivity index (χ4n) is 1.75. The zero-order valence-corrected chi connectivity index (χ0v) is 14.1. The molecule has 0 saturated carbocycles. The SMILES string of the molecule is COC(=O)/C=C1/S/C(=N\N=Cc2cc([N+](=O)[O-])cc([N+](=O)[O-])c2O)NC1=O. The number of rotatable bonds is 5. The topological polar surface area (TPSA) is 187 Å². The van der Waals surface area contributed by atoms with E-state index in [1.807, 2.05) is 0 Å². The molecule has 1 aromatic rings. The minimum absolute atomic E-state index is 0.00429. The first-order valence-corrected chi connectivity index (χ1v) is 7.60. The van der Waals surface area contributed by atoms with Crippen LogP contribution < -0.4 is 5.32 Å². The highest BCUT2D eigenvalue weighted by Crippen LogP contribution is 2.33. The van der Waals surface area contributed by atoms with Crippen molar-refractivity contribution in [3.63, 3.8) is 0 Å². The van der Waals surface area contributed by atoms with Gasteiger partial charge in [0.1, 0.15) is 0 Å². The normalized spacial score (nSPS) is 16.7. The van der Waals surface area contributed by atoms with Crippen LogP contribution in [0, 0.1) is 20.2 Å². The van der Waals surface area contributed by atoms with E-state index in [1.165, 1.54) is 0 Å². The van der Waals surface area contributed by atoms with Crippen molar-refractivity contribution >= 4 is 46.4 Å². The van der Waals surface area contributed by atoms with Crippen LogP contribution in [0.5, 0.6) is 5.75 Å². The molecule has 1 aliphatic heterocycles. The standard InChI is InChI=1S/C13H9N5O8S/c1-26-10(19)4-9-12(21)15-13(27-9)16-14-5-6-2-7(17(22)23)3-8(11(6)20)18(24)25/h2-5,20H,1H3,(H,15,16,21)/b9-4+,14-5?. The van der Waals surface area contributed by atoms with E-state index < -0.39 is 38.8 Å². The van der Waals surface area contributed by atoms with E-state index in [1.54, 1.807) is 0 Å². The number of amides is 1. The van der Waals surface area contributed by atoms with Crippen LogP contribution in [-0.4, -0.2) is 45.3 Å². The predicted molar refractivity (Wildman–Crippen MR) is 92.3 cm³/mol. The number of hydrogen-bond acceptors (Lipinski definition) is 11. The molecule has 0 atom stereocenters. The molecule has 0 spiro atoms. The highest BCUT2D eigenvalue weighted by Gasteiger charge is 2.25. The first kappa shape index (κ1) is 19.5. The van der Waals surface area contributed by atoms with Crippen LogP contribution in [0.4, 0.5) is 11.4 Å². The van der Waals surface area contributed by atoms with Crippen LogP contribution >= 0.6 is 11.8 Å². The summed E-state index contributed by atoms with van der Waals surface area (Å²) in [5.41, 5.74) is -1.81. The van der Waals surface area contributed by atoms with Gasteiger partial charge in [-0.15, -0.1) is 5.10 Å². The summed E-state index contributed by atoms with van der Waals surface area (Å²) in [5.74, 6) is -2.19. The fraction of sp³-hybridized carbons (Fsp3) is 0.0769. The molecule has 0 aliphatic carbocycles. The van der Waals surface area contributed by atoms with Gasteiger partial charge in [0.05, 0.1) is 39.7 Å². The van der Waals surface area contributed by atoms with Gasteiger partial charge in [-0.05, 0) is 11.8 Å². The summed E-state index contributed by atoms with van der Waals surface area (Å²) in [6.07, 6.45) is 1.79. The minimum atomic E-state index is -0.984. The van der Waals surface area contributed by atoms with Crippen molar-refractivity contribution in [3.05, 3.63) is 48.9 Å². The van der Waals surface area contributed by atoms with Crippen molar-refractivity contribution in [2.45, 2.75) is 0 Å². The van der Waals surface area contributed by atoms with Gasteiger partial charge in [-0.3, -0.25) is 30.3 Å². The Morgan fingerprint density at radius 2 is 2.04 bits per heavy atom. The Morgan fingerprint density at radius 1 is 1.33 bits per heavy atom. The van der Waals surface area contributed by atoms with Gasteiger partial charge in [-0.2, -0.15) is 5.10 Å². The van der Waals surface area contributed by atoms with Crippen molar-refractivity contribution < 1.29 is 29.3 Å². The highest BCUT2D eigenvalue weighted by molar-refractivity contribution is 8.18. The van der Waals surface area contributed by atoms with Crippen LogP contribution in [0.15, 0.2) is 33.3 Å². The first-order valence-electron chi connectivity index (χ1n) is 6.78. The third-order valence-corrected chi connectivity index (χ3v) is 3.86. The summed E-state index contributed by atoms with van der Waals surface area (Å²) in [6.45, 7) is 0. The highest BCUT2D eigenvalue weighted by atomic mass is 32.2. The molecule has 2 N–H and O–H groups in total. The monoisotopic (exact) mass is 395 g/mol. The average molecular weight is 395 g/mol. The summed E-state index contributed by atoms with van der Waals surface area (Å²) in [5, 5.41) is 41.0. The van der Waals surface area contributed by atoms with Gasteiger partial charge in [-0.25, -0.2) is 4.79 Å². The number of nitro benzene ring substituents is 2. The molecule has 1 fully saturated rings. The number of carbonyl (C=O) groups is 2. The summed E-state index contributed by atoms with van der Waals surface area (Å²) in [6, 6.07) is 1.48. The number of nitro groups is 2. The smallest absolute Gasteiger partial charge is 0.331 e. The number of carbonyl (C=O) groups excluding carboxylic acids is 2. The molecule has 14 heteroatoms. The predicted octanol–water partition coefficient (Wildman–Crippen LogP) is 0.818. The second kappa shape index (κ2) is 8.05. The molecule has 13 nitrogen and oxygen atoms in total. The first-order chi connectivity index (χ1) is 12.7. The Bertz CT molecular complexity index is 939. The van der Waals surface area contributed by atoms with Gasteiger partial charge in [0.2, 0.25) is 5.75 Å². The lowest BCUT2D eigenvalue weighted by Crippen LogP contribution is -2.19. The number of esters is 1. The summed E-state index contributed by atoms with van der Waals surface area (Å²) in [7, 11) is 1.14. The molecule has 0 radical (unpaired) electrons. The van der Waals surface area contributed by atoms with Crippen molar-refractivity contribution in [2.75, 3.05) is 7.11 Å². The van der Waals surface area contributed by atoms with Gasteiger partial charge in [0.15, 0.2) is 5.17 Å². The zero-order valence-electron chi connectivity index (χ0n) is 13.3. The molecule has 2 rings (SSSR count). The quantitative estimate of drug-likeness (QED) is 0.239. The number of hydrogen-bond donors (Lipinski definition) is 2. The van der Waals surface area contributed by atoms with Crippen LogP contribution in [0.25, 0.3) is 0 Å². The Kier molecular flexibility index (Phi) is 5.82. The number of nitrogens with one attached hydrogen (secondary N) is 1. The number of methoxy groups -OCH3 is 1. The Labute approximate surface area is 153 Å². The van der Waals surface area contributed by atoms with Gasteiger partial charge in [0, 0.05) is 12.1 Å². The molecule has 1 saturated heterocycles. The van der Waals surface area contributed by atoms with E-state index in [0.717, 1.165) is 37.2 Å². The maximum atomic E-state index is 11.6. The molecule has 0 bridgehead atoms. The van der Waals surface area contributed by atoms with Crippen molar-refractivity contribution in [1.82, 2.24) is 5.32 Å². The van der Waals surface area contributed by atoms with Gasteiger partial charge >= 0.3 is 11.7 Å². The molecule has 1 aromatic carbocycles. The van der Waals surface area contributed by atoms with E-state index in [-0.39, 0.29) is 15.6 Å². The number of benzene rings is 1. The molecular weight excluding hydrogens is 386 g/mol. The lowest BCUT2D eigenvalue weighted by atomic mass is 10.1. The Hall–Kier alpha value is -3.81. The Balaban J connectivity index is 2.28. The minimum Gasteiger partial charge on any atom is -0.502 e. The maximum absolute atomic E-state index is 11.6. The van der Waals surface area contributed by atoms with Crippen LogP contribution in [0.3, 0.4) is 0 Å². The maximum Gasteiger partial charge on any atom is 0.331 e. The van der Waals surface area contributed by atoms with Crippen LogP contribution in [0.1, 0.15) is 5.56 Å². The largest absolute Gasteiger partial charge is 0.502 e. The number of phenolic OH excluding ortho intramolecular Hbond substituents is 1. The van der Waals surface area contributed by atoms with Crippen LogP contribution in [-0.2, 0) is 14.3 Å². The molecule has 140 valence electrons. The number of aromatic hydroxyl groups is 1. The number of nitrogens with zero attached hydrogens (tertiary/aromatic N) is 4. The van der Waals surface area contributed by atoms with E-state index in [2.05, 4.69) is 20.3 Å². The average Bonchev–Trinajstić information content (AvgIpc) is 2.95. The molecule has 0 aromatic heterocycles. The zero-order chi connectivity index (χ0) is 20.1. The van der Waals surface area contributed by atoms with Gasteiger partial charge < -0.3 is 9.84 Å². The van der Waals surface area contributed by atoms with Crippen molar-refractivity contribution in [2.24, 2.45) is 10.2 Å². The summed E-state index contributed by atoms with van der Waals surface area (Å²) >= 11 is 0.775. The number of non-ortho nitro benzene ring substituents is 1. The fourth-order valence-corrected chi connectivity index (χ4v) is 2.49. The number of phenols is 1. The summed E-state index contributed by atoms with van der Waals surface area (Å²) in [4.78, 5) is 42.6. The molecule has 1 heterocycles. The van der Waals surface area contributed by atoms with Crippen LogP contribution in [0.2, 0.25) is 0 Å². The molecule has 27 heavy (non-hydrogen) atoms. The van der Waals surface area contributed by atoms with E-state index in [9.17, 15) is 34.9 Å². The second-order valence-electron chi connectivity index (χ2n) is 4.65. The number of ether oxygens (including phenoxy) is 1. The lowest BCUT2D eigenvalue weighted by Gasteiger charge is -2.00. The van der Waals surface area contributed by atoms with Crippen molar-refractivity contribution in [1.29, 1.82) is 0 Å². The molecule has 1 aliphatic rings. The third kappa shape index (κ3) is 4.63.